The van der Waals surface area contributed by atoms with Gasteiger partial charge in [0.2, 0.25) is 5.91 Å². The minimum atomic E-state index is -3.63. The summed E-state index contributed by atoms with van der Waals surface area (Å²) in [5, 5.41) is 2.91. The van der Waals surface area contributed by atoms with E-state index in [-0.39, 0.29) is 22.6 Å². The fourth-order valence-electron chi connectivity index (χ4n) is 3.22. The zero-order chi connectivity index (χ0) is 22.0. The van der Waals surface area contributed by atoms with Gasteiger partial charge >= 0.3 is 5.97 Å². The number of amidine groups is 1. The van der Waals surface area contributed by atoms with E-state index in [0.29, 0.717) is 24.9 Å². The molecule has 0 aliphatic carbocycles. The van der Waals surface area contributed by atoms with Crippen molar-refractivity contribution in [1.29, 1.82) is 0 Å². The summed E-state index contributed by atoms with van der Waals surface area (Å²) in [5.41, 5.74) is 0.498. The molecule has 9 heteroatoms. The second-order valence-corrected chi connectivity index (χ2v) is 8.92. The molecule has 0 saturated carbocycles. The van der Waals surface area contributed by atoms with Gasteiger partial charge in [-0.3, -0.25) is 19.3 Å². The lowest BCUT2D eigenvalue weighted by molar-refractivity contribution is -0.140. The van der Waals surface area contributed by atoms with Crippen molar-refractivity contribution in [2.24, 2.45) is 4.99 Å². The number of sulfonamides is 1. The molecular weight excluding hydrogens is 406 g/mol. The summed E-state index contributed by atoms with van der Waals surface area (Å²) in [4.78, 5) is 28.4. The second kappa shape index (κ2) is 11.7. The van der Waals surface area contributed by atoms with Crippen molar-refractivity contribution in [3.63, 3.8) is 0 Å². The summed E-state index contributed by atoms with van der Waals surface area (Å²) in [6.07, 6.45) is 6.07. The molecule has 1 heterocycles. The van der Waals surface area contributed by atoms with E-state index in [2.05, 4.69) is 19.8 Å². The van der Waals surface area contributed by atoms with Crippen molar-refractivity contribution in [2.75, 3.05) is 13.7 Å². The average molecular weight is 438 g/mol. The molecule has 2 N–H and O–H groups in total. The van der Waals surface area contributed by atoms with Gasteiger partial charge in [0.15, 0.2) is 0 Å². The third-order valence-electron chi connectivity index (χ3n) is 4.92. The predicted molar refractivity (Wildman–Crippen MR) is 115 cm³/mol. The number of ether oxygens (including phenoxy) is 1. The molecule has 0 aromatic heterocycles. The van der Waals surface area contributed by atoms with Crippen LogP contribution in [0.5, 0.6) is 0 Å². The number of esters is 1. The molecule has 1 atom stereocenters. The highest BCUT2D eigenvalue weighted by Crippen LogP contribution is 2.23. The molecule has 1 aromatic carbocycles. The number of hydrogen-bond acceptors (Lipinski definition) is 6. The largest absolute Gasteiger partial charge is 0.469 e. The Morgan fingerprint density at radius 1 is 1.13 bits per heavy atom. The van der Waals surface area contributed by atoms with E-state index in [1.54, 1.807) is 18.2 Å². The van der Waals surface area contributed by atoms with Gasteiger partial charge in [-0.25, -0.2) is 8.42 Å². The molecule has 0 spiro atoms. The number of rotatable bonds is 12. The lowest BCUT2D eigenvalue weighted by Crippen LogP contribution is -2.36. The third-order valence-corrected chi connectivity index (χ3v) is 6.31. The van der Waals surface area contributed by atoms with Gasteiger partial charge in [0.1, 0.15) is 11.9 Å². The van der Waals surface area contributed by atoms with Gasteiger partial charge in [-0.15, -0.1) is 0 Å². The Hall–Kier alpha value is -2.42. The second-order valence-electron chi connectivity index (χ2n) is 7.27. The number of fused-ring (bicyclic) bond motifs is 1. The van der Waals surface area contributed by atoms with Crippen molar-refractivity contribution in [1.82, 2.24) is 10.0 Å². The highest BCUT2D eigenvalue weighted by atomic mass is 32.2. The average Bonchev–Trinajstić information content (AvgIpc) is 3.00. The van der Waals surface area contributed by atoms with E-state index in [1.165, 1.54) is 13.2 Å². The van der Waals surface area contributed by atoms with Crippen LogP contribution < -0.4 is 10.0 Å². The highest BCUT2D eigenvalue weighted by Gasteiger charge is 2.31. The number of nitrogens with one attached hydrogen (secondary N) is 2. The van der Waals surface area contributed by atoms with E-state index >= 15 is 0 Å². The SMILES string of the molecule is CCCCC(N=C1NS(=O)(=O)c2ccccc21)C(=O)NCCCCCCC(=O)OC. The molecule has 1 aliphatic rings. The number of benzene rings is 1. The van der Waals surface area contributed by atoms with Crippen LogP contribution in [0.2, 0.25) is 0 Å². The standard InChI is InChI=1S/C21H31N3O5S/c1-3-4-12-17(21(26)22-15-10-6-5-7-14-19(25)29-2)23-20-16-11-8-9-13-18(16)30(27,28)24-20/h8-9,11,13,17H,3-7,10,12,14-15H2,1-2H3,(H,22,26)(H,23,24). The van der Waals surface area contributed by atoms with Gasteiger partial charge < -0.3 is 10.1 Å². The van der Waals surface area contributed by atoms with E-state index in [1.807, 2.05) is 6.92 Å². The summed E-state index contributed by atoms with van der Waals surface area (Å²) >= 11 is 0. The Morgan fingerprint density at radius 3 is 2.60 bits per heavy atom. The zero-order valence-electron chi connectivity index (χ0n) is 17.6. The summed E-state index contributed by atoms with van der Waals surface area (Å²) in [6.45, 7) is 2.55. The van der Waals surface area contributed by atoms with Crippen LogP contribution in [0.1, 0.15) is 63.9 Å². The molecule has 8 nitrogen and oxygen atoms in total. The Morgan fingerprint density at radius 2 is 1.87 bits per heavy atom. The summed E-state index contributed by atoms with van der Waals surface area (Å²) in [7, 11) is -2.25. The van der Waals surface area contributed by atoms with E-state index in [0.717, 1.165) is 38.5 Å². The minimum Gasteiger partial charge on any atom is -0.469 e. The summed E-state index contributed by atoms with van der Waals surface area (Å²) in [5.74, 6) is -0.177. The number of nitrogens with zero attached hydrogens (tertiary/aromatic N) is 1. The highest BCUT2D eigenvalue weighted by molar-refractivity contribution is 7.90. The van der Waals surface area contributed by atoms with E-state index in [4.69, 9.17) is 0 Å². The zero-order valence-corrected chi connectivity index (χ0v) is 18.5. The van der Waals surface area contributed by atoms with Crippen molar-refractivity contribution in [3.05, 3.63) is 29.8 Å². The number of methoxy groups -OCH3 is 1. The molecule has 2 rings (SSSR count). The van der Waals surface area contributed by atoms with Gasteiger partial charge in [0, 0.05) is 18.5 Å². The Balaban J connectivity index is 1.92. The van der Waals surface area contributed by atoms with Crippen LogP contribution in [0, 0.1) is 0 Å². The van der Waals surface area contributed by atoms with Crippen LogP contribution in [0.25, 0.3) is 0 Å². The van der Waals surface area contributed by atoms with Crippen molar-refractivity contribution in [2.45, 2.75) is 69.2 Å². The number of carbonyl (C=O) groups excluding carboxylic acids is 2. The van der Waals surface area contributed by atoms with Crippen LogP contribution in [-0.2, 0) is 24.3 Å². The Kier molecular flexibility index (Phi) is 9.29. The molecule has 0 saturated heterocycles. The molecule has 1 amide bonds. The predicted octanol–water partition coefficient (Wildman–Crippen LogP) is 2.52. The normalized spacial score (nSPS) is 16.5. The number of hydrogen-bond donors (Lipinski definition) is 2. The van der Waals surface area contributed by atoms with Crippen LogP contribution >= 0.6 is 0 Å². The monoisotopic (exact) mass is 437 g/mol. The van der Waals surface area contributed by atoms with Gasteiger partial charge in [0.25, 0.3) is 10.0 Å². The molecule has 0 radical (unpaired) electrons. The first-order valence-electron chi connectivity index (χ1n) is 10.4. The van der Waals surface area contributed by atoms with Gasteiger partial charge in [0.05, 0.1) is 12.0 Å². The molecule has 1 aliphatic heterocycles. The maximum Gasteiger partial charge on any atom is 0.305 e. The maximum atomic E-state index is 12.7. The Labute approximate surface area is 178 Å². The third kappa shape index (κ3) is 6.83. The fourth-order valence-corrected chi connectivity index (χ4v) is 4.46. The van der Waals surface area contributed by atoms with Crippen LogP contribution in [0.15, 0.2) is 34.2 Å². The smallest absolute Gasteiger partial charge is 0.305 e. The van der Waals surface area contributed by atoms with Crippen LogP contribution in [0.4, 0.5) is 0 Å². The lowest BCUT2D eigenvalue weighted by atomic mass is 10.1. The molecule has 1 aromatic rings. The van der Waals surface area contributed by atoms with E-state index < -0.39 is 16.1 Å². The van der Waals surface area contributed by atoms with Crippen molar-refractivity contribution < 1.29 is 22.7 Å². The maximum absolute atomic E-state index is 12.7. The molecule has 30 heavy (non-hydrogen) atoms. The topological polar surface area (TPSA) is 114 Å². The molecule has 166 valence electrons. The first kappa shape index (κ1) is 23.9. The molecular formula is C21H31N3O5S. The number of amides is 1. The quantitative estimate of drug-likeness (QED) is 0.385. The van der Waals surface area contributed by atoms with Gasteiger partial charge in [-0.05, 0) is 31.4 Å². The van der Waals surface area contributed by atoms with Gasteiger partial charge in [-0.2, -0.15) is 0 Å². The number of aliphatic imine (C=N–C) groups is 1. The van der Waals surface area contributed by atoms with Crippen LogP contribution in [0.3, 0.4) is 0 Å². The van der Waals surface area contributed by atoms with E-state index in [9.17, 15) is 18.0 Å². The van der Waals surface area contributed by atoms with Crippen LogP contribution in [-0.4, -0.2) is 45.8 Å². The minimum absolute atomic E-state index is 0.186. The lowest BCUT2D eigenvalue weighted by Gasteiger charge is -2.14. The number of carbonyl (C=O) groups is 2. The van der Waals surface area contributed by atoms with Gasteiger partial charge in [-0.1, -0.05) is 44.7 Å². The summed E-state index contributed by atoms with van der Waals surface area (Å²) < 4.78 is 31.6. The van der Waals surface area contributed by atoms with Crippen molar-refractivity contribution in [3.8, 4) is 0 Å². The molecule has 0 bridgehead atoms. The number of unbranched alkanes of at least 4 members (excludes halogenated alkanes) is 4. The fraction of sp³-hybridized carbons (Fsp3) is 0.571. The summed E-state index contributed by atoms with van der Waals surface area (Å²) in [6, 6.07) is 5.98. The molecule has 1 unspecified atom stereocenters. The Bertz CT molecular complexity index is 867. The first-order chi connectivity index (χ1) is 14.4. The molecule has 0 fully saturated rings. The van der Waals surface area contributed by atoms with Crippen molar-refractivity contribution >= 4 is 27.7 Å². The first-order valence-corrected chi connectivity index (χ1v) is 11.9.